The number of methoxy groups -OCH3 is 1. The van der Waals surface area contributed by atoms with Crippen molar-refractivity contribution >= 4 is 17.7 Å². The molecule has 142 valence electrons. The van der Waals surface area contributed by atoms with E-state index in [4.69, 9.17) is 9.47 Å². The smallest absolute Gasteiger partial charge is 0.248 e. The number of aromatic nitrogens is 4. The Morgan fingerprint density at radius 2 is 2.11 bits per heavy atom. The molecule has 2 aromatic carbocycles. The van der Waals surface area contributed by atoms with E-state index in [-0.39, 0.29) is 5.91 Å². The summed E-state index contributed by atoms with van der Waals surface area (Å²) >= 11 is 0. The second-order valence-corrected chi connectivity index (χ2v) is 5.60. The minimum Gasteiger partial charge on any atom is -0.493 e. The van der Waals surface area contributed by atoms with Gasteiger partial charge in [0.1, 0.15) is 12.9 Å². The van der Waals surface area contributed by atoms with Crippen molar-refractivity contribution in [1.82, 2.24) is 20.2 Å². The monoisotopic (exact) mass is 377 g/mol. The van der Waals surface area contributed by atoms with E-state index in [1.54, 1.807) is 37.5 Å². The molecule has 1 aromatic heterocycles. The van der Waals surface area contributed by atoms with Crippen LogP contribution in [0.2, 0.25) is 0 Å². The predicted octanol–water partition coefficient (Wildman–Crippen LogP) is 2.89. The summed E-state index contributed by atoms with van der Waals surface area (Å²) in [7, 11) is 1.56. The first-order chi connectivity index (χ1) is 13.7. The number of carbonyl (C=O) groups excluding carboxylic acids is 1. The Hall–Kier alpha value is -3.94. The summed E-state index contributed by atoms with van der Waals surface area (Å²) in [5.74, 6) is 0.902. The summed E-state index contributed by atoms with van der Waals surface area (Å²) in [4.78, 5) is 12.3. The number of para-hydroxylation sites is 2. The highest BCUT2D eigenvalue weighted by Gasteiger charge is 2.08. The molecule has 8 nitrogen and oxygen atoms in total. The molecular formula is C20H19N5O3. The quantitative estimate of drug-likeness (QED) is 0.479. The van der Waals surface area contributed by atoms with Crippen LogP contribution in [0.15, 0.2) is 67.5 Å². The van der Waals surface area contributed by atoms with Crippen LogP contribution < -0.4 is 14.8 Å². The molecule has 0 saturated heterocycles. The van der Waals surface area contributed by atoms with Crippen molar-refractivity contribution in [2.24, 2.45) is 0 Å². The first kappa shape index (κ1) is 18.8. The lowest BCUT2D eigenvalue weighted by atomic mass is 10.2. The maximum Gasteiger partial charge on any atom is 0.248 e. The van der Waals surface area contributed by atoms with Gasteiger partial charge < -0.3 is 14.8 Å². The fourth-order valence-electron chi connectivity index (χ4n) is 2.45. The Labute approximate surface area is 162 Å². The van der Waals surface area contributed by atoms with E-state index in [2.05, 4.69) is 27.4 Å². The molecule has 1 N–H and O–H groups in total. The molecule has 0 radical (unpaired) electrons. The SMILES string of the molecule is C=CCOc1ccc(/C=C/C(=O)Nc2ccccc2-n2cnnn2)cc1OC. The van der Waals surface area contributed by atoms with E-state index >= 15 is 0 Å². The number of nitrogens with one attached hydrogen (secondary N) is 1. The highest BCUT2D eigenvalue weighted by Crippen LogP contribution is 2.28. The van der Waals surface area contributed by atoms with Crippen molar-refractivity contribution in [3.63, 3.8) is 0 Å². The van der Waals surface area contributed by atoms with Crippen LogP contribution in [0.25, 0.3) is 11.8 Å². The molecule has 0 bridgehead atoms. The molecule has 0 aliphatic rings. The summed E-state index contributed by atoms with van der Waals surface area (Å²) < 4.78 is 12.3. The molecule has 0 spiro atoms. The Morgan fingerprint density at radius 3 is 2.86 bits per heavy atom. The number of tetrazole rings is 1. The number of carbonyl (C=O) groups is 1. The van der Waals surface area contributed by atoms with Gasteiger partial charge in [-0.1, -0.05) is 30.9 Å². The first-order valence-corrected chi connectivity index (χ1v) is 8.44. The zero-order valence-electron chi connectivity index (χ0n) is 15.3. The summed E-state index contributed by atoms with van der Waals surface area (Å²) in [5.41, 5.74) is 2.06. The van der Waals surface area contributed by atoms with Crippen LogP contribution in [0.1, 0.15) is 5.56 Å². The molecule has 3 rings (SSSR count). The normalized spacial score (nSPS) is 10.6. The zero-order valence-corrected chi connectivity index (χ0v) is 15.3. The average molecular weight is 377 g/mol. The van der Waals surface area contributed by atoms with Crippen LogP contribution in [0.4, 0.5) is 5.69 Å². The molecule has 0 atom stereocenters. The number of amides is 1. The Kier molecular flexibility index (Phi) is 6.14. The van der Waals surface area contributed by atoms with Crippen molar-refractivity contribution in [2.45, 2.75) is 0 Å². The van der Waals surface area contributed by atoms with E-state index in [1.807, 2.05) is 24.3 Å². The number of benzene rings is 2. The standard InChI is InChI=1S/C20H19N5O3/c1-3-12-28-18-10-8-15(13-19(18)27-2)9-11-20(26)22-16-6-4-5-7-17(16)25-14-21-23-24-25/h3-11,13-14H,1,12H2,2H3,(H,22,26)/b11-9+. The number of hydrogen-bond donors (Lipinski definition) is 1. The third kappa shape index (κ3) is 4.61. The molecule has 0 aliphatic heterocycles. The van der Waals surface area contributed by atoms with Crippen LogP contribution in [-0.4, -0.2) is 39.8 Å². The lowest BCUT2D eigenvalue weighted by Crippen LogP contribution is -2.11. The topological polar surface area (TPSA) is 91.2 Å². The molecule has 3 aromatic rings. The fraction of sp³-hybridized carbons (Fsp3) is 0.100. The molecular weight excluding hydrogens is 358 g/mol. The molecule has 0 unspecified atom stereocenters. The van der Waals surface area contributed by atoms with Crippen LogP contribution in [0.5, 0.6) is 11.5 Å². The maximum absolute atomic E-state index is 12.3. The molecule has 0 fully saturated rings. The third-order valence-corrected chi connectivity index (χ3v) is 3.73. The minimum absolute atomic E-state index is 0.286. The zero-order chi connectivity index (χ0) is 19.8. The second kappa shape index (κ2) is 9.13. The number of hydrogen-bond acceptors (Lipinski definition) is 6. The number of ether oxygens (including phenoxy) is 2. The summed E-state index contributed by atoms with van der Waals surface area (Å²) in [6.07, 6.45) is 6.25. The summed E-state index contributed by atoms with van der Waals surface area (Å²) in [6.45, 7) is 4.00. The van der Waals surface area contributed by atoms with Gasteiger partial charge >= 0.3 is 0 Å². The van der Waals surface area contributed by atoms with E-state index < -0.39 is 0 Å². The van der Waals surface area contributed by atoms with Gasteiger partial charge in [0.05, 0.1) is 18.5 Å². The highest BCUT2D eigenvalue weighted by atomic mass is 16.5. The van der Waals surface area contributed by atoms with Gasteiger partial charge in [-0.15, -0.1) is 5.10 Å². The number of anilines is 1. The van der Waals surface area contributed by atoms with Gasteiger partial charge in [0.15, 0.2) is 11.5 Å². The maximum atomic E-state index is 12.3. The van der Waals surface area contributed by atoms with Crippen molar-refractivity contribution in [2.75, 3.05) is 19.0 Å². The average Bonchev–Trinajstić information content (AvgIpc) is 3.26. The van der Waals surface area contributed by atoms with Gasteiger partial charge in [0.2, 0.25) is 5.91 Å². The third-order valence-electron chi connectivity index (χ3n) is 3.73. The van der Waals surface area contributed by atoms with Gasteiger partial charge in [0.25, 0.3) is 0 Å². The molecule has 0 saturated carbocycles. The van der Waals surface area contributed by atoms with Crippen LogP contribution in [0, 0.1) is 0 Å². The molecule has 8 heteroatoms. The van der Waals surface area contributed by atoms with Gasteiger partial charge in [-0.25, -0.2) is 0 Å². The molecule has 0 aliphatic carbocycles. The summed E-state index contributed by atoms with van der Waals surface area (Å²) in [5, 5.41) is 13.9. The Bertz CT molecular complexity index is 983. The predicted molar refractivity (Wildman–Crippen MR) is 106 cm³/mol. The largest absolute Gasteiger partial charge is 0.493 e. The van der Waals surface area contributed by atoms with E-state index in [9.17, 15) is 4.79 Å². The Balaban J connectivity index is 1.72. The second-order valence-electron chi connectivity index (χ2n) is 5.60. The van der Waals surface area contributed by atoms with E-state index in [0.29, 0.717) is 29.5 Å². The van der Waals surface area contributed by atoms with Crippen molar-refractivity contribution < 1.29 is 14.3 Å². The van der Waals surface area contributed by atoms with Gasteiger partial charge in [-0.05, 0) is 46.3 Å². The Morgan fingerprint density at radius 1 is 1.25 bits per heavy atom. The first-order valence-electron chi connectivity index (χ1n) is 8.44. The highest BCUT2D eigenvalue weighted by molar-refractivity contribution is 6.03. The molecule has 1 amide bonds. The van der Waals surface area contributed by atoms with Crippen LogP contribution in [0.3, 0.4) is 0 Å². The summed E-state index contributed by atoms with van der Waals surface area (Å²) in [6, 6.07) is 12.6. The number of nitrogens with zero attached hydrogens (tertiary/aromatic N) is 4. The minimum atomic E-state index is -0.286. The van der Waals surface area contributed by atoms with Crippen LogP contribution >= 0.6 is 0 Å². The fourth-order valence-corrected chi connectivity index (χ4v) is 2.45. The lowest BCUT2D eigenvalue weighted by molar-refractivity contribution is -0.111. The number of rotatable bonds is 8. The molecule has 1 heterocycles. The van der Waals surface area contributed by atoms with Gasteiger partial charge in [0, 0.05) is 6.08 Å². The van der Waals surface area contributed by atoms with E-state index in [0.717, 1.165) is 5.56 Å². The van der Waals surface area contributed by atoms with Gasteiger partial charge in [-0.2, -0.15) is 4.68 Å². The van der Waals surface area contributed by atoms with Gasteiger partial charge in [-0.3, -0.25) is 4.79 Å². The van der Waals surface area contributed by atoms with Crippen LogP contribution in [-0.2, 0) is 4.79 Å². The lowest BCUT2D eigenvalue weighted by Gasteiger charge is -2.10. The van der Waals surface area contributed by atoms with Crippen molar-refractivity contribution in [3.8, 4) is 17.2 Å². The molecule has 28 heavy (non-hydrogen) atoms. The van der Waals surface area contributed by atoms with Crippen molar-refractivity contribution in [1.29, 1.82) is 0 Å². The van der Waals surface area contributed by atoms with E-state index in [1.165, 1.54) is 17.1 Å². The van der Waals surface area contributed by atoms with Crippen molar-refractivity contribution in [3.05, 3.63) is 73.1 Å².